The molecule has 0 saturated heterocycles. The number of rotatable bonds is 8. The van der Waals surface area contributed by atoms with Gasteiger partial charge in [0.15, 0.2) is 5.82 Å². The SMILES string of the molecule is CCC[C@H](NC1CCc2cc(OC)ccc2C1)C(=O)Nc1cc(-c2ccccc2)[nH]n1. The molecule has 1 heterocycles. The third-order valence-corrected chi connectivity index (χ3v) is 5.89. The standard InChI is InChI=1S/C25H30N4O2/c1-3-7-22(26-20-12-10-19-15-21(31-2)13-11-18(19)14-20)25(30)27-24-16-23(28-29-24)17-8-5-4-6-9-17/h4-6,8-9,11,13,15-16,20,22,26H,3,7,10,12,14H2,1-2H3,(H2,27,28,29,30)/t20?,22-/m0/s1. The molecule has 3 N–H and O–H groups in total. The average molecular weight is 419 g/mol. The fraction of sp³-hybridized carbons (Fsp3) is 0.360. The fourth-order valence-electron chi connectivity index (χ4n) is 4.23. The van der Waals surface area contributed by atoms with Gasteiger partial charge in [-0.05, 0) is 54.5 Å². The highest BCUT2D eigenvalue weighted by Gasteiger charge is 2.25. The van der Waals surface area contributed by atoms with Crippen LogP contribution in [0.1, 0.15) is 37.3 Å². The Morgan fingerprint density at radius 1 is 1.19 bits per heavy atom. The van der Waals surface area contributed by atoms with Gasteiger partial charge in [0.05, 0.1) is 18.8 Å². The number of aromatic amines is 1. The second-order valence-electron chi connectivity index (χ2n) is 8.10. The quantitative estimate of drug-likeness (QED) is 0.508. The molecular weight excluding hydrogens is 388 g/mol. The number of benzene rings is 2. The molecule has 1 unspecified atom stereocenters. The van der Waals surface area contributed by atoms with Crippen LogP contribution in [0.25, 0.3) is 11.3 Å². The molecule has 31 heavy (non-hydrogen) atoms. The molecule has 2 aromatic carbocycles. The number of amides is 1. The molecule has 1 aliphatic carbocycles. The second kappa shape index (κ2) is 9.79. The zero-order valence-electron chi connectivity index (χ0n) is 18.2. The maximum Gasteiger partial charge on any atom is 0.242 e. The lowest BCUT2D eigenvalue weighted by molar-refractivity contribution is -0.118. The molecule has 2 atom stereocenters. The lowest BCUT2D eigenvalue weighted by Crippen LogP contribution is -2.47. The topological polar surface area (TPSA) is 79.0 Å². The molecule has 0 saturated carbocycles. The summed E-state index contributed by atoms with van der Waals surface area (Å²) in [5.74, 6) is 1.42. The van der Waals surface area contributed by atoms with Gasteiger partial charge in [-0.1, -0.05) is 49.7 Å². The van der Waals surface area contributed by atoms with E-state index in [1.807, 2.05) is 42.5 Å². The fourth-order valence-corrected chi connectivity index (χ4v) is 4.23. The van der Waals surface area contributed by atoms with Crippen LogP contribution in [0.3, 0.4) is 0 Å². The van der Waals surface area contributed by atoms with Crippen LogP contribution in [-0.2, 0) is 17.6 Å². The zero-order valence-corrected chi connectivity index (χ0v) is 18.2. The number of carbonyl (C=O) groups excluding carboxylic acids is 1. The molecule has 0 spiro atoms. The van der Waals surface area contributed by atoms with Gasteiger partial charge >= 0.3 is 0 Å². The minimum atomic E-state index is -0.244. The predicted molar refractivity (Wildman–Crippen MR) is 123 cm³/mol. The first kappa shape index (κ1) is 21.1. The van der Waals surface area contributed by atoms with E-state index in [-0.39, 0.29) is 18.0 Å². The third-order valence-electron chi connectivity index (χ3n) is 5.89. The van der Waals surface area contributed by atoms with Crippen LogP contribution in [0.4, 0.5) is 5.82 Å². The van der Waals surface area contributed by atoms with Crippen molar-refractivity contribution in [2.45, 2.75) is 51.1 Å². The van der Waals surface area contributed by atoms with Crippen molar-refractivity contribution in [3.8, 4) is 17.0 Å². The van der Waals surface area contributed by atoms with Crippen molar-refractivity contribution in [2.75, 3.05) is 12.4 Å². The molecule has 1 aliphatic rings. The van der Waals surface area contributed by atoms with E-state index in [1.165, 1.54) is 11.1 Å². The van der Waals surface area contributed by atoms with Gasteiger partial charge in [0.25, 0.3) is 0 Å². The van der Waals surface area contributed by atoms with Crippen LogP contribution < -0.4 is 15.4 Å². The number of fused-ring (bicyclic) bond motifs is 1. The summed E-state index contributed by atoms with van der Waals surface area (Å²) in [5.41, 5.74) is 4.60. The van der Waals surface area contributed by atoms with Crippen molar-refractivity contribution in [1.29, 1.82) is 0 Å². The molecule has 0 bridgehead atoms. The second-order valence-corrected chi connectivity index (χ2v) is 8.10. The molecule has 0 fully saturated rings. The van der Waals surface area contributed by atoms with Crippen molar-refractivity contribution in [3.63, 3.8) is 0 Å². The number of aryl methyl sites for hydroxylation is 1. The Kier molecular flexibility index (Phi) is 6.67. The van der Waals surface area contributed by atoms with Gasteiger partial charge in [-0.2, -0.15) is 5.10 Å². The predicted octanol–water partition coefficient (Wildman–Crippen LogP) is 4.34. The summed E-state index contributed by atoms with van der Waals surface area (Å²) >= 11 is 0. The Morgan fingerprint density at radius 2 is 2.03 bits per heavy atom. The number of anilines is 1. The molecule has 3 aromatic rings. The maximum atomic E-state index is 13.0. The Bertz CT molecular complexity index is 1020. The minimum Gasteiger partial charge on any atom is -0.497 e. The molecule has 6 heteroatoms. The van der Waals surface area contributed by atoms with E-state index in [0.717, 1.165) is 49.1 Å². The van der Waals surface area contributed by atoms with E-state index < -0.39 is 0 Å². The summed E-state index contributed by atoms with van der Waals surface area (Å²) in [6.45, 7) is 2.10. The number of methoxy groups -OCH3 is 1. The Morgan fingerprint density at radius 3 is 2.81 bits per heavy atom. The zero-order chi connectivity index (χ0) is 21.6. The summed E-state index contributed by atoms with van der Waals surface area (Å²) in [6, 6.07) is 18.2. The van der Waals surface area contributed by atoms with Gasteiger partial charge < -0.3 is 15.4 Å². The smallest absolute Gasteiger partial charge is 0.242 e. The van der Waals surface area contributed by atoms with Crippen LogP contribution in [-0.4, -0.2) is 35.3 Å². The van der Waals surface area contributed by atoms with Crippen LogP contribution in [0, 0.1) is 0 Å². The monoisotopic (exact) mass is 418 g/mol. The summed E-state index contributed by atoms with van der Waals surface area (Å²) in [6.07, 6.45) is 4.64. The van der Waals surface area contributed by atoms with Crippen LogP contribution >= 0.6 is 0 Å². The highest BCUT2D eigenvalue weighted by molar-refractivity contribution is 5.94. The van der Waals surface area contributed by atoms with E-state index in [0.29, 0.717) is 5.82 Å². The number of hydrogen-bond donors (Lipinski definition) is 3. The molecule has 162 valence electrons. The largest absolute Gasteiger partial charge is 0.497 e. The lowest BCUT2D eigenvalue weighted by atomic mass is 9.87. The minimum absolute atomic E-state index is 0.0338. The highest BCUT2D eigenvalue weighted by atomic mass is 16.5. The Balaban J connectivity index is 1.39. The average Bonchev–Trinajstić information content (AvgIpc) is 3.27. The first-order chi connectivity index (χ1) is 15.2. The normalized spacial score (nSPS) is 16.4. The Labute approximate surface area is 183 Å². The third kappa shape index (κ3) is 5.14. The van der Waals surface area contributed by atoms with Gasteiger partial charge in [-0.3, -0.25) is 9.89 Å². The molecular formula is C25H30N4O2. The number of H-pyrrole nitrogens is 1. The lowest BCUT2D eigenvalue weighted by Gasteiger charge is -2.29. The molecule has 0 aliphatic heterocycles. The van der Waals surface area contributed by atoms with Crippen molar-refractivity contribution < 1.29 is 9.53 Å². The van der Waals surface area contributed by atoms with E-state index in [9.17, 15) is 4.79 Å². The molecule has 1 amide bonds. The summed E-state index contributed by atoms with van der Waals surface area (Å²) in [7, 11) is 1.70. The van der Waals surface area contributed by atoms with Gasteiger partial charge in [0, 0.05) is 12.1 Å². The summed E-state index contributed by atoms with van der Waals surface area (Å²) in [5, 5.41) is 13.9. The molecule has 1 aromatic heterocycles. The maximum absolute atomic E-state index is 13.0. The number of nitrogens with zero attached hydrogens (tertiary/aromatic N) is 1. The van der Waals surface area contributed by atoms with E-state index in [4.69, 9.17) is 4.74 Å². The van der Waals surface area contributed by atoms with Gasteiger partial charge in [0.2, 0.25) is 5.91 Å². The molecule has 6 nitrogen and oxygen atoms in total. The van der Waals surface area contributed by atoms with Gasteiger partial charge in [0.1, 0.15) is 5.75 Å². The van der Waals surface area contributed by atoms with Crippen molar-refractivity contribution in [2.24, 2.45) is 0 Å². The number of hydrogen-bond acceptors (Lipinski definition) is 4. The number of nitrogens with one attached hydrogen (secondary N) is 3. The van der Waals surface area contributed by atoms with Crippen molar-refractivity contribution in [1.82, 2.24) is 15.5 Å². The van der Waals surface area contributed by atoms with Crippen LogP contribution in [0.2, 0.25) is 0 Å². The molecule has 4 rings (SSSR count). The van der Waals surface area contributed by atoms with Crippen LogP contribution in [0.5, 0.6) is 5.75 Å². The number of carbonyl (C=O) groups is 1. The highest BCUT2D eigenvalue weighted by Crippen LogP contribution is 2.26. The Hall–Kier alpha value is -3.12. The van der Waals surface area contributed by atoms with E-state index >= 15 is 0 Å². The van der Waals surface area contributed by atoms with Crippen molar-refractivity contribution in [3.05, 3.63) is 65.7 Å². The summed E-state index contributed by atoms with van der Waals surface area (Å²) < 4.78 is 5.34. The van der Waals surface area contributed by atoms with Gasteiger partial charge in [-0.15, -0.1) is 0 Å². The number of ether oxygens (including phenoxy) is 1. The number of aromatic nitrogens is 2. The van der Waals surface area contributed by atoms with Crippen LogP contribution in [0.15, 0.2) is 54.6 Å². The molecule has 0 radical (unpaired) electrons. The van der Waals surface area contributed by atoms with Gasteiger partial charge in [-0.25, -0.2) is 0 Å². The first-order valence-corrected chi connectivity index (χ1v) is 11.0. The van der Waals surface area contributed by atoms with E-state index in [1.54, 1.807) is 7.11 Å². The van der Waals surface area contributed by atoms with E-state index in [2.05, 4.69) is 39.9 Å². The first-order valence-electron chi connectivity index (χ1n) is 11.0. The van der Waals surface area contributed by atoms with Crippen molar-refractivity contribution >= 4 is 11.7 Å². The summed E-state index contributed by atoms with van der Waals surface area (Å²) in [4.78, 5) is 13.0.